The number of hydrogen-bond donors (Lipinski definition) is 0. The van der Waals surface area contributed by atoms with E-state index in [0.717, 1.165) is 30.6 Å². The molecule has 4 nitrogen and oxygen atoms in total. The number of esters is 1. The van der Waals surface area contributed by atoms with Crippen LogP contribution in [-0.4, -0.2) is 25.8 Å². The maximum absolute atomic E-state index is 12.2. The Morgan fingerprint density at radius 3 is 2.86 bits per heavy atom. The van der Waals surface area contributed by atoms with Crippen molar-refractivity contribution < 1.29 is 19.0 Å². The van der Waals surface area contributed by atoms with Gasteiger partial charge >= 0.3 is 5.97 Å². The molecule has 2 atom stereocenters. The largest absolute Gasteiger partial charge is 0.486 e. The number of fused-ring (bicyclic) bond motifs is 1. The topological polar surface area (TPSA) is 44.8 Å². The van der Waals surface area contributed by atoms with Crippen molar-refractivity contribution in [1.29, 1.82) is 0 Å². The SMILES string of the molecule is CC(C(=O)OCC1CC=CCC1)c1ccc2c(c1)OCCO2. The maximum atomic E-state index is 12.2. The van der Waals surface area contributed by atoms with Crippen molar-refractivity contribution in [2.45, 2.75) is 32.1 Å². The lowest BCUT2D eigenvalue weighted by Gasteiger charge is -2.21. The average Bonchev–Trinajstić information content (AvgIpc) is 2.59. The summed E-state index contributed by atoms with van der Waals surface area (Å²) in [6.07, 6.45) is 7.55. The van der Waals surface area contributed by atoms with Gasteiger partial charge in [-0.25, -0.2) is 0 Å². The quantitative estimate of drug-likeness (QED) is 0.631. The Morgan fingerprint density at radius 2 is 2.09 bits per heavy atom. The van der Waals surface area contributed by atoms with E-state index in [2.05, 4.69) is 12.2 Å². The van der Waals surface area contributed by atoms with Crippen molar-refractivity contribution in [3.8, 4) is 11.5 Å². The predicted molar refractivity (Wildman–Crippen MR) is 83.3 cm³/mol. The Balaban J connectivity index is 1.59. The number of ether oxygens (including phenoxy) is 3. The van der Waals surface area contributed by atoms with E-state index in [0.29, 0.717) is 31.5 Å². The highest BCUT2D eigenvalue weighted by Crippen LogP contribution is 2.33. The van der Waals surface area contributed by atoms with E-state index in [-0.39, 0.29) is 11.9 Å². The van der Waals surface area contributed by atoms with E-state index < -0.39 is 0 Å². The molecule has 0 spiro atoms. The standard InChI is InChI=1S/C18H22O4/c1-13(18(19)22-12-14-5-3-2-4-6-14)15-7-8-16-17(11-15)21-10-9-20-16/h2-3,7-8,11,13-14H,4-6,9-10,12H2,1H3. The lowest BCUT2D eigenvalue weighted by molar-refractivity contribution is -0.146. The summed E-state index contributed by atoms with van der Waals surface area (Å²) in [6.45, 7) is 3.50. The Labute approximate surface area is 131 Å². The Morgan fingerprint density at radius 1 is 1.27 bits per heavy atom. The van der Waals surface area contributed by atoms with Crippen molar-refractivity contribution in [2.75, 3.05) is 19.8 Å². The van der Waals surface area contributed by atoms with E-state index in [1.54, 1.807) is 0 Å². The molecule has 2 unspecified atom stereocenters. The second-order valence-electron chi connectivity index (χ2n) is 5.91. The smallest absolute Gasteiger partial charge is 0.313 e. The van der Waals surface area contributed by atoms with Crippen LogP contribution >= 0.6 is 0 Å². The zero-order valence-electron chi connectivity index (χ0n) is 12.9. The van der Waals surface area contributed by atoms with E-state index >= 15 is 0 Å². The van der Waals surface area contributed by atoms with Gasteiger partial charge < -0.3 is 14.2 Å². The van der Waals surface area contributed by atoms with Crippen LogP contribution in [0.5, 0.6) is 11.5 Å². The number of carbonyl (C=O) groups excluding carboxylic acids is 1. The summed E-state index contributed by atoms with van der Waals surface area (Å²) in [4.78, 5) is 12.2. The molecule has 0 radical (unpaired) electrons. The number of allylic oxidation sites excluding steroid dienone is 2. The molecule has 4 heteroatoms. The van der Waals surface area contributed by atoms with E-state index in [4.69, 9.17) is 14.2 Å². The van der Waals surface area contributed by atoms with E-state index in [9.17, 15) is 4.79 Å². The van der Waals surface area contributed by atoms with Crippen molar-refractivity contribution in [3.05, 3.63) is 35.9 Å². The Kier molecular flexibility index (Phi) is 4.66. The van der Waals surface area contributed by atoms with Crippen LogP contribution in [0.4, 0.5) is 0 Å². The normalized spacial score (nSPS) is 21.2. The molecule has 0 aromatic heterocycles. The number of rotatable bonds is 4. The summed E-state index contributed by atoms with van der Waals surface area (Å²) < 4.78 is 16.6. The van der Waals surface area contributed by atoms with Crippen LogP contribution in [0.15, 0.2) is 30.4 Å². The van der Waals surface area contributed by atoms with Crippen LogP contribution < -0.4 is 9.47 Å². The summed E-state index contributed by atoms with van der Waals surface area (Å²) in [6, 6.07) is 5.64. The van der Waals surface area contributed by atoms with E-state index in [1.807, 2.05) is 25.1 Å². The Bertz CT molecular complexity index is 564. The van der Waals surface area contributed by atoms with Gasteiger partial charge in [0.15, 0.2) is 11.5 Å². The van der Waals surface area contributed by atoms with Gasteiger partial charge in [0.25, 0.3) is 0 Å². The highest BCUT2D eigenvalue weighted by molar-refractivity contribution is 5.78. The van der Waals surface area contributed by atoms with Crippen LogP contribution in [0.1, 0.15) is 37.7 Å². The minimum absolute atomic E-state index is 0.175. The van der Waals surface area contributed by atoms with Gasteiger partial charge in [-0.3, -0.25) is 4.79 Å². The minimum Gasteiger partial charge on any atom is -0.486 e. The zero-order chi connectivity index (χ0) is 15.4. The second kappa shape index (κ2) is 6.86. The summed E-state index contributed by atoms with van der Waals surface area (Å²) in [5.74, 6) is 1.44. The lowest BCUT2D eigenvalue weighted by atomic mass is 9.95. The molecule has 1 aliphatic heterocycles. The monoisotopic (exact) mass is 302 g/mol. The third kappa shape index (κ3) is 3.43. The summed E-state index contributed by atoms with van der Waals surface area (Å²) in [7, 11) is 0. The minimum atomic E-state index is -0.296. The molecule has 0 saturated heterocycles. The van der Waals surface area contributed by atoms with Crippen LogP contribution in [0.25, 0.3) is 0 Å². The van der Waals surface area contributed by atoms with Crippen LogP contribution in [0, 0.1) is 5.92 Å². The summed E-state index contributed by atoms with van der Waals surface area (Å²) in [5.41, 5.74) is 0.901. The van der Waals surface area contributed by atoms with Gasteiger partial charge in [0.2, 0.25) is 0 Å². The highest BCUT2D eigenvalue weighted by atomic mass is 16.6. The first kappa shape index (κ1) is 14.9. The van der Waals surface area contributed by atoms with Gasteiger partial charge in [-0.05, 0) is 49.8 Å². The fraction of sp³-hybridized carbons (Fsp3) is 0.500. The maximum Gasteiger partial charge on any atom is 0.313 e. The molecular formula is C18H22O4. The molecule has 1 heterocycles. The molecule has 1 aromatic rings. The fourth-order valence-electron chi connectivity index (χ4n) is 2.80. The average molecular weight is 302 g/mol. The summed E-state index contributed by atoms with van der Waals surface area (Å²) >= 11 is 0. The number of hydrogen-bond acceptors (Lipinski definition) is 4. The first-order valence-corrected chi connectivity index (χ1v) is 7.95. The van der Waals surface area contributed by atoms with Gasteiger partial charge in [-0.1, -0.05) is 18.2 Å². The molecule has 3 rings (SSSR count). The molecule has 0 bridgehead atoms. The molecular weight excluding hydrogens is 280 g/mol. The van der Waals surface area contributed by atoms with Gasteiger partial charge in [0.05, 0.1) is 12.5 Å². The molecule has 118 valence electrons. The molecule has 22 heavy (non-hydrogen) atoms. The summed E-state index contributed by atoms with van der Waals surface area (Å²) in [5, 5.41) is 0. The van der Waals surface area contributed by atoms with E-state index in [1.165, 1.54) is 0 Å². The number of carbonyl (C=O) groups is 1. The van der Waals surface area contributed by atoms with Crippen molar-refractivity contribution in [2.24, 2.45) is 5.92 Å². The molecule has 0 saturated carbocycles. The molecule has 0 fully saturated rings. The Hall–Kier alpha value is -1.97. The highest BCUT2D eigenvalue weighted by Gasteiger charge is 2.21. The molecule has 0 N–H and O–H groups in total. The number of benzene rings is 1. The van der Waals surface area contributed by atoms with Crippen LogP contribution in [0.3, 0.4) is 0 Å². The predicted octanol–water partition coefficient (Wildman–Crippen LogP) is 3.46. The third-order valence-corrected chi connectivity index (χ3v) is 4.26. The lowest BCUT2D eigenvalue weighted by Crippen LogP contribution is -2.20. The molecule has 0 amide bonds. The van der Waals surface area contributed by atoms with Crippen LogP contribution in [-0.2, 0) is 9.53 Å². The van der Waals surface area contributed by atoms with Gasteiger partial charge in [-0.15, -0.1) is 0 Å². The fourth-order valence-corrected chi connectivity index (χ4v) is 2.80. The van der Waals surface area contributed by atoms with Crippen LogP contribution in [0.2, 0.25) is 0 Å². The third-order valence-electron chi connectivity index (χ3n) is 4.26. The van der Waals surface area contributed by atoms with Crippen molar-refractivity contribution >= 4 is 5.97 Å². The van der Waals surface area contributed by atoms with Crippen molar-refractivity contribution in [3.63, 3.8) is 0 Å². The molecule has 1 aromatic carbocycles. The van der Waals surface area contributed by atoms with Crippen molar-refractivity contribution in [1.82, 2.24) is 0 Å². The van der Waals surface area contributed by atoms with Gasteiger partial charge in [-0.2, -0.15) is 0 Å². The molecule has 2 aliphatic rings. The van der Waals surface area contributed by atoms with Gasteiger partial charge in [0, 0.05) is 0 Å². The zero-order valence-corrected chi connectivity index (χ0v) is 12.9. The van der Waals surface area contributed by atoms with Gasteiger partial charge in [0.1, 0.15) is 13.2 Å². The second-order valence-corrected chi connectivity index (χ2v) is 5.91. The molecule has 1 aliphatic carbocycles. The first-order valence-electron chi connectivity index (χ1n) is 7.95. The first-order chi connectivity index (χ1) is 10.7.